The minimum atomic E-state index is 0.510. The summed E-state index contributed by atoms with van der Waals surface area (Å²) in [5, 5.41) is 0.665. The van der Waals surface area contributed by atoms with Gasteiger partial charge in [-0.05, 0) is 26.2 Å². The molecule has 3 nitrogen and oxygen atoms in total. The smallest absolute Gasteiger partial charge is 0.123 e. The Morgan fingerprint density at radius 2 is 2.17 bits per heavy atom. The molecule has 1 aromatic rings. The van der Waals surface area contributed by atoms with E-state index in [9.17, 15) is 0 Å². The van der Waals surface area contributed by atoms with Gasteiger partial charge in [0.15, 0.2) is 0 Å². The molecule has 0 aliphatic rings. The molecule has 1 heterocycles. The Morgan fingerprint density at radius 3 is 2.75 bits per heavy atom. The number of nitrogen functional groups attached to an aromatic ring is 1. The maximum Gasteiger partial charge on any atom is 0.123 e. The van der Waals surface area contributed by atoms with Crippen LogP contribution in [0.5, 0.6) is 0 Å². The number of hydrogen-bond acceptors (Lipinski definition) is 3. The minimum absolute atomic E-state index is 0.510. The molecule has 0 radical (unpaired) electrons. The first-order valence-electron chi connectivity index (χ1n) is 3.65. The van der Waals surface area contributed by atoms with Gasteiger partial charge in [-0.1, -0.05) is 11.6 Å². The van der Waals surface area contributed by atoms with Gasteiger partial charge in [0.2, 0.25) is 0 Å². The average molecular weight is 186 g/mol. The number of nitrogens with two attached hydrogens (primary N) is 1. The van der Waals surface area contributed by atoms with Gasteiger partial charge < -0.3 is 10.6 Å². The van der Waals surface area contributed by atoms with Gasteiger partial charge in [0, 0.05) is 6.54 Å². The quantitative estimate of drug-likeness (QED) is 0.757. The van der Waals surface area contributed by atoms with Crippen molar-refractivity contribution in [1.82, 2.24) is 9.88 Å². The molecule has 0 aliphatic carbocycles. The SMILES string of the molecule is CN(C)Cc1nc(N)ccc1Cl. The third kappa shape index (κ3) is 2.36. The van der Waals surface area contributed by atoms with Crippen LogP contribution < -0.4 is 5.73 Å². The second-order valence-electron chi connectivity index (χ2n) is 2.90. The molecule has 0 saturated heterocycles. The molecule has 0 aromatic carbocycles. The third-order valence-electron chi connectivity index (χ3n) is 1.41. The molecule has 4 heteroatoms. The van der Waals surface area contributed by atoms with Gasteiger partial charge >= 0.3 is 0 Å². The van der Waals surface area contributed by atoms with Crippen molar-refractivity contribution in [2.24, 2.45) is 0 Å². The lowest BCUT2D eigenvalue weighted by molar-refractivity contribution is 0.397. The first kappa shape index (κ1) is 9.29. The van der Waals surface area contributed by atoms with Crippen molar-refractivity contribution >= 4 is 17.4 Å². The number of aromatic nitrogens is 1. The summed E-state index contributed by atoms with van der Waals surface area (Å²) < 4.78 is 0. The van der Waals surface area contributed by atoms with E-state index in [1.54, 1.807) is 12.1 Å². The van der Waals surface area contributed by atoms with Crippen molar-refractivity contribution in [2.75, 3.05) is 19.8 Å². The molecule has 0 aliphatic heterocycles. The van der Waals surface area contributed by atoms with Crippen molar-refractivity contribution < 1.29 is 0 Å². The summed E-state index contributed by atoms with van der Waals surface area (Å²) in [6.07, 6.45) is 0. The molecule has 12 heavy (non-hydrogen) atoms. The number of anilines is 1. The Hall–Kier alpha value is -0.800. The lowest BCUT2D eigenvalue weighted by Crippen LogP contribution is -2.12. The summed E-state index contributed by atoms with van der Waals surface area (Å²) in [6.45, 7) is 0.712. The second-order valence-corrected chi connectivity index (χ2v) is 3.31. The van der Waals surface area contributed by atoms with E-state index in [0.717, 1.165) is 5.69 Å². The molecular weight excluding hydrogens is 174 g/mol. The van der Waals surface area contributed by atoms with Crippen LogP contribution >= 0.6 is 11.6 Å². The van der Waals surface area contributed by atoms with E-state index in [1.807, 2.05) is 19.0 Å². The van der Waals surface area contributed by atoms with Crippen LogP contribution in [0.15, 0.2) is 12.1 Å². The van der Waals surface area contributed by atoms with Gasteiger partial charge in [-0.3, -0.25) is 0 Å². The van der Waals surface area contributed by atoms with Crippen LogP contribution in [0.3, 0.4) is 0 Å². The zero-order chi connectivity index (χ0) is 9.14. The van der Waals surface area contributed by atoms with Crippen LogP contribution in [-0.4, -0.2) is 24.0 Å². The van der Waals surface area contributed by atoms with Crippen LogP contribution in [-0.2, 0) is 6.54 Å². The fourth-order valence-electron chi connectivity index (χ4n) is 0.912. The molecule has 1 aromatic heterocycles. The maximum atomic E-state index is 5.90. The van der Waals surface area contributed by atoms with Crippen LogP contribution in [0.1, 0.15) is 5.69 Å². The normalized spacial score (nSPS) is 10.7. The van der Waals surface area contributed by atoms with E-state index >= 15 is 0 Å². The predicted molar refractivity (Wildman–Crippen MR) is 51.1 cm³/mol. The fraction of sp³-hybridized carbons (Fsp3) is 0.375. The average Bonchev–Trinajstić information content (AvgIpc) is 1.96. The van der Waals surface area contributed by atoms with Gasteiger partial charge in [-0.25, -0.2) is 4.98 Å². The summed E-state index contributed by atoms with van der Waals surface area (Å²) in [5.74, 6) is 0.510. The Bertz CT molecular complexity index is 273. The zero-order valence-corrected chi connectivity index (χ0v) is 7.97. The van der Waals surface area contributed by atoms with Gasteiger partial charge in [-0.15, -0.1) is 0 Å². The number of rotatable bonds is 2. The van der Waals surface area contributed by atoms with Crippen LogP contribution in [0.4, 0.5) is 5.82 Å². The third-order valence-corrected chi connectivity index (χ3v) is 1.75. The van der Waals surface area contributed by atoms with Crippen LogP contribution in [0.25, 0.3) is 0 Å². The Kier molecular flexibility index (Phi) is 2.89. The molecule has 0 fully saturated rings. The van der Waals surface area contributed by atoms with Gasteiger partial charge in [-0.2, -0.15) is 0 Å². The number of hydrogen-bond donors (Lipinski definition) is 1. The van der Waals surface area contributed by atoms with E-state index < -0.39 is 0 Å². The van der Waals surface area contributed by atoms with E-state index in [1.165, 1.54) is 0 Å². The van der Waals surface area contributed by atoms with E-state index in [0.29, 0.717) is 17.4 Å². The van der Waals surface area contributed by atoms with Crippen LogP contribution in [0, 0.1) is 0 Å². The van der Waals surface area contributed by atoms with E-state index in [-0.39, 0.29) is 0 Å². The molecule has 0 bridgehead atoms. The Balaban J connectivity index is 2.90. The second kappa shape index (κ2) is 3.74. The van der Waals surface area contributed by atoms with Crippen LogP contribution in [0.2, 0.25) is 5.02 Å². The molecular formula is C8H12ClN3. The number of pyridine rings is 1. The zero-order valence-electron chi connectivity index (χ0n) is 7.21. The minimum Gasteiger partial charge on any atom is -0.384 e. The standard InChI is InChI=1S/C8H12ClN3/c1-12(2)5-7-6(9)3-4-8(10)11-7/h3-4H,5H2,1-2H3,(H2,10,11). The monoisotopic (exact) mass is 185 g/mol. The van der Waals surface area contributed by atoms with Gasteiger partial charge in [0.25, 0.3) is 0 Å². The first-order valence-corrected chi connectivity index (χ1v) is 4.03. The van der Waals surface area contributed by atoms with Gasteiger partial charge in [0.1, 0.15) is 5.82 Å². The van der Waals surface area contributed by atoms with Crippen molar-refractivity contribution in [3.63, 3.8) is 0 Å². The van der Waals surface area contributed by atoms with Crippen molar-refractivity contribution in [1.29, 1.82) is 0 Å². The largest absolute Gasteiger partial charge is 0.384 e. The summed E-state index contributed by atoms with van der Waals surface area (Å²) in [7, 11) is 3.92. The summed E-state index contributed by atoms with van der Waals surface area (Å²) >= 11 is 5.90. The van der Waals surface area contributed by atoms with Crippen molar-refractivity contribution in [3.05, 3.63) is 22.8 Å². The maximum absolute atomic E-state index is 5.90. The molecule has 2 N–H and O–H groups in total. The van der Waals surface area contributed by atoms with Gasteiger partial charge in [0.05, 0.1) is 10.7 Å². The Labute approximate surface area is 77.1 Å². The lowest BCUT2D eigenvalue weighted by atomic mass is 10.3. The first-order chi connectivity index (χ1) is 5.59. The molecule has 0 unspecified atom stereocenters. The predicted octanol–water partition coefficient (Wildman–Crippen LogP) is 1.38. The highest BCUT2D eigenvalue weighted by molar-refractivity contribution is 6.31. The van der Waals surface area contributed by atoms with E-state index in [2.05, 4.69) is 4.98 Å². The van der Waals surface area contributed by atoms with Crippen molar-refractivity contribution in [3.8, 4) is 0 Å². The summed E-state index contributed by atoms with van der Waals surface area (Å²) in [5.41, 5.74) is 6.34. The number of halogens is 1. The molecule has 66 valence electrons. The highest BCUT2D eigenvalue weighted by atomic mass is 35.5. The van der Waals surface area contributed by atoms with Crippen molar-refractivity contribution in [2.45, 2.75) is 6.54 Å². The molecule has 0 spiro atoms. The highest BCUT2D eigenvalue weighted by Gasteiger charge is 2.02. The highest BCUT2D eigenvalue weighted by Crippen LogP contribution is 2.15. The molecule has 0 atom stereocenters. The molecule has 0 saturated carbocycles. The van der Waals surface area contributed by atoms with E-state index in [4.69, 9.17) is 17.3 Å². The summed E-state index contributed by atoms with van der Waals surface area (Å²) in [4.78, 5) is 6.11. The lowest BCUT2D eigenvalue weighted by Gasteiger charge is -2.10. The Morgan fingerprint density at radius 1 is 1.50 bits per heavy atom. The molecule has 0 amide bonds. The summed E-state index contributed by atoms with van der Waals surface area (Å²) in [6, 6.07) is 3.46. The fourth-order valence-corrected chi connectivity index (χ4v) is 1.08. The number of nitrogens with zero attached hydrogens (tertiary/aromatic N) is 2. The topological polar surface area (TPSA) is 42.2 Å². The molecule has 1 rings (SSSR count).